The number of nitrogens with one attached hydrogen (secondary N) is 1. The molecule has 1 atom stereocenters. The van der Waals surface area contributed by atoms with Gasteiger partial charge in [0.05, 0.1) is 22.7 Å². The minimum Gasteiger partial charge on any atom is -0.493 e. The average Bonchev–Trinajstić information content (AvgIpc) is 2.56. The van der Waals surface area contributed by atoms with Gasteiger partial charge in [0, 0.05) is 18.1 Å². The molecular weight excluding hydrogens is 345 g/mol. The van der Waals surface area contributed by atoms with Crippen molar-refractivity contribution in [2.45, 2.75) is 19.4 Å². The number of hydrogen-bond acceptors (Lipinski definition) is 2. The molecule has 0 radical (unpaired) electrons. The molecule has 3 rings (SSSR count). The molecule has 24 heavy (non-hydrogen) atoms. The first kappa shape index (κ1) is 16.9. The van der Waals surface area contributed by atoms with E-state index in [9.17, 15) is 4.79 Å². The first-order chi connectivity index (χ1) is 11.5. The van der Waals surface area contributed by atoms with Crippen LogP contribution in [0.25, 0.3) is 6.08 Å². The number of fused-ring (bicyclic) bond motifs is 1. The van der Waals surface area contributed by atoms with Gasteiger partial charge in [0.25, 0.3) is 0 Å². The third-order valence-corrected chi connectivity index (χ3v) is 4.63. The van der Waals surface area contributed by atoms with Gasteiger partial charge in [0.1, 0.15) is 5.75 Å². The molecule has 0 aromatic heterocycles. The van der Waals surface area contributed by atoms with E-state index in [0.717, 1.165) is 28.9 Å². The Bertz CT molecular complexity index is 802. The Morgan fingerprint density at radius 1 is 1.21 bits per heavy atom. The van der Waals surface area contributed by atoms with Crippen LogP contribution in [0.4, 0.5) is 0 Å². The maximum Gasteiger partial charge on any atom is 0.244 e. The van der Waals surface area contributed by atoms with Gasteiger partial charge in [-0.2, -0.15) is 0 Å². The van der Waals surface area contributed by atoms with Crippen molar-refractivity contribution in [2.75, 3.05) is 6.61 Å². The summed E-state index contributed by atoms with van der Waals surface area (Å²) in [6, 6.07) is 11.2. The van der Waals surface area contributed by atoms with Crippen LogP contribution in [0.2, 0.25) is 10.0 Å². The zero-order chi connectivity index (χ0) is 17.1. The number of amides is 1. The van der Waals surface area contributed by atoms with Crippen molar-refractivity contribution < 1.29 is 9.53 Å². The summed E-state index contributed by atoms with van der Waals surface area (Å²) in [7, 11) is 0. The maximum atomic E-state index is 12.2. The Labute approximate surface area is 151 Å². The Kier molecular flexibility index (Phi) is 5.12. The van der Waals surface area contributed by atoms with Crippen LogP contribution in [0.15, 0.2) is 42.5 Å². The molecule has 0 saturated heterocycles. The molecule has 1 heterocycles. The van der Waals surface area contributed by atoms with Gasteiger partial charge in [-0.05, 0) is 36.8 Å². The predicted octanol–water partition coefficient (Wildman–Crippen LogP) is 4.96. The first-order valence-electron chi connectivity index (χ1n) is 7.70. The van der Waals surface area contributed by atoms with Crippen molar-refractivity contribution >= 4 is 35.2 Å². The SMILES string of the molecule is Cc1ccc2c(c1)C(NC(=O)/C=C/c1ccc(Cl)c(Cl)c1)CCO2. The molecule has 3 nitrogen and oxygen atoms in total. The Morgan fingerprint density at radius 2 is 2.04 bits per heavy atom. The van der Waals surface area contributed by atoms with Crippen molar-refractivity contribution in [3.8, 4) is 5.75 Å². The largest absolute Gasteiger partial charge is 0.493 e. The predicted molar refractivity (Wildman–Crippen MR) is 97.7 cm³/mol. The monoisotopic (exact) mass is 361 g/mol. The molecule has 2 aromatic carbocycles. The van der Waals surface area contributed by atoms with Crippen LogP contribution in [0, 0.1) is 6.92 Å². The second-order valence-corrected chi connectivity index (χ2v) is 6.56. The van der Waals surface area contributed by atoms with Crippen LogP contribution in [0.5, 0.6) is 5.75 Å². The molecule has 0 spiro atoms. The average molecular weight is 362 g/mol. The zero-order valence-electron chi connectivity index (χ0n) is 13.2. The smallest absolute Gasteiger partial charge is 0.244 e. The lowest BCUT2D eigenvalue weighted by molar-refractivity contribution is -0.117. The van der Waals surface area contributed by atoms with Crippen molar-refractivity contribution in [3.63, 3.8) is 0 Å². The molecule has 2 aromatic rings. The van der Waals surface area contributed by atoms with Gasteiger partial charge in [-0.25, -0.2) is 0 Å². The molecule has 5 heteroatoms. The van der Waals surface area contributed by atoms with Gasteiger partial charge in [-0.3, -0.25) is 4.79 Å². The fraction of sp³-hybridized carbons (Fsp3) is 0.211. The van der Waals surface area contributed by atoms with E-state index in [1.165, 1.54) is 6.08 Å². The molecule has 1 aliphatic heterocycles. The number of ether oxygens (including phenoxy) is 1. The number of rotatable bonds is 3. The van der Waals surface area contributed by atoms with Crippen molar-refractivity contribution in [3.05, 3.63) is 69.2 Å². The third kappa shape index (κ3) is 3.92. The van der Waals surface area contributed by atoms with Gasteiger partial charge >= 0.3 is 0 Å². The van der Waals surface area contributed by atoms with E-state index >= 15 is 0 Å². The van der Waals surface area contributed by atoms with E-state index in [2.05, 4.69) is 11.4 Å². The molecule has 0 fully saturated rings. The second-order valence-electron chi connectivity index (χ2n) is 5.75. The number of hydrogen-bond donors (Lipinski definition) is 1. The molecule has 0 bridgehead atoms. The highest BCUT2D eigenvalue weighted by Crippen LogP contribution is 2.32. The molecule has 1 unspecified atom stereocenters. The van der Waals surface area contributed by atoms with Crippen molar-refractivity contribution in [1.29, 1.82) is 0 Å². The van der Waals surface area contributed by atoms with Crippen molar-refractivity contribution in [1.82, 2.24) is 5.32 Å². The summed E-state index contributed by atoms with van der Waals surface area (Å²) in [5.74, 6) is 0.686. The third-order valence-electron chi connectivity index (χ3n) is 3.89. The number of carbonyl (C=O) groups is 1. The number of aryl methyl sites for hydroxylation is 1. The summed E-state index contributed by atoms with van der Waals surface area (Å²) in [4.78, 5) is 12.2. The van der Waals surface area contributed by atoms with Gasteiger partial charge in [0.2, 0.25) is 5.91 Å². The molecule has 0 saturated carbocycles. The Balaban J connectivity index is 1.70. The molecule has 1 N–H and O–H groups in total. The lowest BCUT2D eigenvalue weighted by Crippen LogP contribution is -2.31. The summed E-state index contributed by atoms with van der Waals surface area (Å²) in [5.41, 5.74) is 2.99. The highest BCUT2D eigenvalue weighted by molar-refractivity contribution is 6.42. The number of halogens is 2. The molecule has 124 valence electrons. The fourth-order valence-corrected chi connectivity index (χ4v) is 2.98. The lowest BCUT2D eigenvalue weighted by Gasteiger charge is -2.26. The summed E-state index contributed by atoms with van der Waals surface area (Å²) < 4.78 is 5.65. The van der Waals surface area contributed by atoms with E-state index in [1.807, 2.05) is 25.1 Å². The van der Waals surface area contributed by atoms with Gasteiger partial charge in [-0.1, -0.05) is 47.0 Å². The van der Waals surface area contributed by atoms with Crippen LogP contribution in [-0.2, 0) is 4.79 Å². The Hall–Kier alpha value is -1.97. The van der Waals surface area contributed by atoms with E-state index < -0.39 is 0 Å². The zero-order valence-corrected chi connectivity index (χ0v) is 14.7. The summed E-state index contributed by atoms with van der Waals surface area (Å²) >= 11 is 11.9. The molecule has 1 amide bonds. The van der Waals surface area contributed by atoms with Crippen LogP contribution in [-0.4, -0.2) is 12.5 Å². The number of benzene rings is 2. The second kappa shape index (κ2) is 7.29. The molecular formula is C19H17Cl2NO2. The lowest BCUT2D eigenvalue weighted by atomic mass is 9.98. The normalized spacial score (nSPS) is 16.5. The van der Waals surface area contributed by atoms with Gasteiger partial charge < -0.3 is 10.1 Å². The van der Waals surface area contributed by atoms with E-state index in [-0.39, 0.29) is 11.9 Å². The number of carbonyl (C=O) groups excluding carboxylic acids is 1. The van der Waals surface area contributed by atoms with Crippen LogP contribution < -0.4 is 10.1 Å². The van der Waals surface area contributed by atoms with Crippen molar-refractivity contribution in [2.24, 2.45) is 0 Å². The van der Waals surface area contributed by atoms with E-state index in [1.54, 1.807) is 18.2 Å². The van der Waals surface area contributed by atoms with Gasteiger partial charge in [-0.15, -0.1) is 0 Å². The standard InChI is InChI=1S/C19H17Cl2NO2/c1-12-2-6-18-14(10-12)17(8-9-24-18)22-19(23)7-4-13-3-5-15(20)16(21)11-13/h2-7,10-11,17H,8-9H2,1H3,(H,22,23)/b7-4+. The summed E-state index contributed by atoms with van der Waals surface area (Å²) in [6.07, 6.45) is 3.97. The quantitative estimate of drug-likeness (QED) is 0.785. The Morgan fingerprint density at radius 3 is 2.83 bits per heavy atom. The van der Waals surface area contributed by atoms with Gasteiger partial charge in [0.15, 0.2) is 0 Å². The minimum absolute atomic E-state index is 0.0420. The molecule has 1 aliphatic rings. The van der Waals surface area contributed by atoms with Crippen LogP contribution >= 0.6 is 23.2 Å². The fourth-order valence-electron chi connectivity index (χ4n) is 2.67. The summed E-state index contributed by atoms with van der Waals surface area (Å²) in [6.45, 7) is 2.62. The minimum atomic E-state index is -0.152. The topological polar surface area (TPSA) is 38.3 Å². The summed E-state index contributed by atoms with van der Waals surface area (Å²) in [5, 5.41) is 3.99. The highest BCUT2D eigenvalue weighted by atomic mass is 35.5. The van der Waals surface area contributed by atoms with Crippen LogP contribution in [0.1, 0.15) is 29.2 Å². The highest BCUT2D eigenvalue weighted by Gasteiger charge is 2.22. The van der Waals surface area contributed by atoms with Crippen LogP contribution in [0.3, 0.4) is 0 Å². The van der Waals surface area contributed by atoms with E-state index in [0.29, 0.717) is 16.7 Å². The first-order valence-corrected chi connectivity index (χ1v) is 8.45. The maximum absolute atomic E-state index is 12.2. The molecule has 0 aliphatic carbocycles. The van der Waals surface area contributed by atoms with E-state index in [4.69, 9.17) is 27.9 Å².